The maximum Gasteiger partial charge on any atom is 0.345 e. The summed E-state index contributed by atoms with van der Waals surface area (Å²) in [4.78, 5) is 17.5. The first-order valence-electron chi connectivity index (χ1n) is 4.89. The Hall–Kier alpha value is -1.71. The summed E-state index contributed by atoms with van der Waals surface area (Å²) in [7, 11) is 0. The van der Waals surface area contributed by atoms with Gasteiger partial charge in [-0.25, -0.2) is 9.18 Å². The van der Waals surface area contributed by atoms with Crippen molar-refractivity contribution in [3.63, 3.8) is 0 Å². The Labute approximate surface area is 86.0 Å². The molecule has 1 aromatic heterocycles. The predicted molar refractivity (Wildman–Crippen MR) is 56.3 cm³/mol. The zero-order chi connectivity index (χ0) is 10.8. The summed E-state index contributed by atoms with van der Waals surface area (Å²) in [5, 5.41) is 0.691. The molecule has 4 heteroatoms. The van der Waals surface area contributed by atoms with Crippen LogP contribution in [-0.2, 0) is 6.42 Å². The highest BCUT2D eigenvalue weighted by atomic mass is 19.1. The highest BCUT2D eigenvalue weighted by Crippen LogP contribution is 2.17. The number of fused-ring (bicyclic) bond motifs is 1. The maximum absolute atomic E-state index is 13.4. The molecule has 0 aliphatic rings. The van der Waals surface area contributed by atoms with E-state index < -0.39 is 11.5 Å². The lowest BCUT2D eigenvalue weighted by Gasteiger charge is -2.04. The van der Waals surface area contributed by atoms with Crippen LogP contribution in [0.4, 0.5) is 4.39 Å². The lowest BCUT2D eigenvalue weighted by molar-refractivity contribution is 0.635. The number of benzene rings is 1. The highest BCUT2D eigenvalue weighted by Gasteiger charge is 2.07. The minimum Gasteiger partial charge on any atom is -0.309 e. The lowest BCUT2D eigenvalue weighted by Crippen LogP contribution is -2.13. The minimum absolute atomic E-state index is 0.157. The Morgan fingerprint density at radius 1 is 1.47 bits per heavy atom. The lowest BCUT2D eigenvalue weighted by atomic mass is 10.1. The van der Waals surface area contributed by atoms with Gasteiger partial charge in [0.15, 0.2) is 0 Å². The minimum atomic E-state index is -0.490. The van der Waals surface area contributed by atoms with Crippen LogP contribution >= 0.6 is 0 Å². The maximum atomic E-state index is 13.4. The first kappa shape index (κ1) is 9.83. The summed E-state index contributed by atoms with van der Waals surface area (Å²) >= 11 is 0. The van der Waals surface area contributed by atoms with Crippen molar-refractivity contribution in [2.75, 3.05) is 0 Å². The zero-order valence-corrected chi connectivity index (χ0v) is 8.38. The van der Waals surface area contributed by atoms with Gasteiger partial charge in [0.05, 0.1) is 0 Å². The predicted octanol–water partition coefficient (Wildman–Crippen LogP) is 2.01. The number of nitrogens with zero attached hydrogens (tertiary/aromatic N) is 1. The summed E-state index contributed by atoms with van der Waals surface area (Å²) < 4.78 is 13.4. The summed E-state index contributed by atoms with van der Waals surface area (Å²) in [5.41, 5.74) is 0.424. The number of H-pyrrole nitrogens is 1. The molecule has 0 unspecified atom stereocenters. The Morgan fingerprint density at radius 3 is 3.00 bits per heavy atom. The van der Waals surface area contributed by atoms with Gasteiger partial charge in [-0.15, -0.1) is 0 Å². The molecule has 2 aromatic rings. The molecule has 0 saturated heterocycles. The quantitative estimate of drug-likeness (QED) is 0.817. The third kappa shape index (κ3) is 1.75. The van der Waals surface area contributed by atoms with Gasteiger partial charge < -0.3 is 4.98 Å². The van der Waals surface area contributed by atoms with Crippen LogP contribution in [0.25, 0.3) is 10.9 Å². The molecular weight excluding hydrogens is 195 g/mol. The number of para-hydroxylation sites is 1. The van der Waals surface area contributed by atoms with Gasteiger partial charge in [-0.05, 0) is 12.5 Å². The van der Waals surface area contributed by atoms with E-state index in [0.29, 0.717) is 5.39 Å². The van der Waals surface area contributed by atoms with Crippen molar-refractivity contribution in [1.82, 2.24) is 9.97 Å². The van der Waals surface area contributed by atoms with Gasteiger partial charge >= 0.3 is 5.69 Å². The van der Waals surface area contributed by atoms with Crippen LogP contribution in [-0.4, -0.2) is 9.97 Å². The van der Waals surface area contributed by atoms with Gasteiger partial charge in [0.25, 0.3) is 0 Å². The number of aromatic nitrogens is 2. The van der Waals surface area contributed by atoms with Crippen molar-refractivity contribution >= 4 is 10.9 Å². The first-order valence-corrected chi connectivity index (χ1v) is 4.89. The van der Waals surface area contributed by atoms with E-state index in [1.54, 1.807) is 12.1 Å². The van der Waals surface area contributed by atoms with E-state index in [2.05, 4.69) is 9.97 Å². The van der Waals surface area contributed by atoms with Crippen molar-refractivity contribution in [3.8, 4) is 0 Å². The van der Waals surface area contributed by atoms with Crippen molar-refractivity contribution in [1.29, 1.82) is 0 Å². The summed E-state index contributed by atoms with van der Waals surface area (Å²) in [6.45, 7) is 2.00. The molecule has 0 atom stereocenters. The smallest absolute Gasteiger partial charge is 0.309 e. The molecule has 3 nitrogen and oxygen atoms in total. The molecule has 0 saturated carbocycles. The summed E-state index contributed by atoms with van der Waals surface area (Å²) in [5.74, 6) is -0.448. The van der Waals surface area contributed by atoms with E-state index in [1.807, 2.05) is 6.92 Å². The van der Waals surface area contributed by atoms with Crippen LogP contribution in [0.1, 0.15) is 19.0 Å². The average molecular weight is 206 g/mol. The second-order valence-corrected chi connectivity index (χ2v) is 3.41. The van der Waals surface area contributed by atoms with Gasteiger partial charge in [0.2, 0.25) is 0 Å². The number of rotatable bonds is 2. The van der Waals surface area contributed by atoms with Crippen LogP contribution in [0, 0.1) is 5.82 Å². The average Bonchev–Trinajstić information content (AvgIpc) is 2.20. The van der Waals surface area contributed by atoms with Crippen LogP contribution in [0.3, 0.4) is 0 Å². The molecule has 15 heavy (non-hydrogen) atoms. The fraction of sp³-hybridized carbons (Fsp3) is 0.273. The molecule has 0 amide bonds. The number of aryl methyl sites for hydroxylation is 1. The van der Waals surface area contributed by atoms with Gasteiger partial charge in [-0.2, -0.15) is 4.98 Å². The summed E-state index contributed by atoms with van der Waals surface area (Å²) in [6.07, 6.45) is 1.61. The highest BCUT2D eigenvalue weighted by molar-refractivity contribution is 5.81. The topological polar surface area (TPSA) is 45.8 Å². The molecule has 0 radical (unpaired) electrons. The van der Waals surface area contributed by atoms with Gasteiger partial charge in [-0.1, -0.05) is 25.5 Å². The third-order valence-electron chi connectivity index (χ3n) is 2.28. The molecular formula is C11H11FN2O. The van der Waals surface area contributed by atoms with Gasteiger partial charge in [0.1, 0.15) is 11.3 Å². The molecule has 0 bridgehead atoms. The van der Waals surface area contributed by atoms with Crippen LogP contribution in [0.5, 0.6) is 0 Å². The number of hydrogen-bond acceptors (Lipinski definition) is 2. The molecule has 1 N–H and O–H groups in total. The fourth-order valence-corrected chi connectivity index (χ4v) is 1.65. The number of hydrogen-bond donors (Lipinski definition) is 1. The second kappa shape index (κ2) is 3.81. The molecule has 0 aliphatic carbocycles. The molecule has 0 aliphatic heterocycles. The Balaban J connectivity index is 2.80. The number of aromatic amines is 1. The van der Waals surface area contributed by atoms with Crippen LogP contribution in [0.15, 0.2) is 23.0 Å². The molecule has 0 spiro atoms. The van der Waals surface area contributed by atoms with E-state index in [9.17, 15) is 9.18 Å². The Bertz CT molecular complexity index is 548. The summed E-state index contributed by atoms with van der Waals surface area (Å²) in [6, 6.07) is 4.70. The van der Waals surface area contributed by atoms with E-state index in [1.165, 1.54) is 6.07 Å². The van der Waals surface area contributed by atoms with Gasteiger partial charge in [-0.3, -0.25) is 0 Å². The monoisotopic (exact) mass is 206 g/mol. The number of nitrogens with one attached hydrogen (secondary N) is 1. The first-order chi connectivity index (χ1) is 7.22. The SMILES string of the molecule is CCCc1[nH]c(=O)nc2c(F)cccc12. The normalized spacial score (nSPS) is 10.8. The van der Waals surface area contributed by atoms with Crippen molar-refractivity contribution < 1.29 is 4.39 Å². The molecule has 0 fully saturated rings. The molecule has 2 rings (SSSR count). The number of halogens is 1. The molecule has 78 valence electrons. The van der Waals surface area contributed by atoms with Crippen molar-refractivity contribution in [3.05, 3.63) is 40.2 Å². The third-order valence-corrected chi connectivity index (χ3v) is 2.28. The Kier molecular flexibility index (Phi) is 2.49. The van der Waals surface area contributed by atoms with Crippen LogP contribution < -0.4 is 5.69 Å². The van der Waals surface area contributed by atoms with Crippen molar-refractivity contribution in [2.24, 2.45) is 0 Å². The standard InChI is InChI=1S/C11H11FN2O/c1-2-4-9-7-5-3-6-8(12)10(7)14-11(15)13-9/h3,5-6H,2,4H2,1H3,(H,13,14,15). The fourth-order valence-electron chi connectivity index (χ4n) is 1.65. The van der Waals surface area contributed by atoms with E-state index in [-0.39, 0.29) is 5.52 Å². The second-order valence-electron chi connectivity index (χ2n) is 3.41. The van der Waals surface area contributed by atoms with E-state index in [0.717, 1.165) is 18.5 Å². The molecule has 1 aromatic carbocycles. The zero-order valence-electron chi connectivity index (χ0n) is 8.38. The van der Waals surface area contributed by atoms with E-state index in [4.69, 9.17) is 0 Å². The van der Waals surface area contributed by atoms with Crippen molar-refractivity contribution in [2.45, 2.75) is 19.8 Å². The van der Waals surface area contributed by atoms with E-state index >= 15 is 0 Å². The molecule has 1 heterocycles. The Morgan fingerprint density at radius 2 is 2.27 bits per heavy atom. The van der Waals surface area contributed by atoms with Crippen LogP contribution in [0.2, 0.25) is 0 Å². The largest absolute Gasteiger partial charge is 0.345 e. The van der Waals surface area contributed by atoms with Gasteiger partial charge in [0, 0.05) is 11.1 Å².